The van der Waals surface area contributed by atoms with Crippen LogP contribution in [0.5, 0.6) is 0 Å². The van der Waals surface area contributed by atoms with Crippen molar-refractivity contribution >= 4 is 95.4 Å². The molecule has 11 nitrogen and oxygen atoms in total. The van der Waals surface area contributed by atoms with Gasteiger partial charge in [-0.3, -0.25) is 19.1 Å². The molecule has 0 radical (unpaired) electrons. The molecule has 3 rings (SSSR count). The van der Waals surface area contributed by atoms with Gasteiger partial charge < -0.3 is 20.9 Å². The normalized spacial score (nSPS) is 14.5. The minimum atomic E-state index is -4.31. The molecule has 0 fully saturated rings. The highest BCUT2D eigenvalue weighted by molar-refractivity contribution is 7.52. The number of hydrogen-bond donors (Lipinski definition) is 4. The van der Waals surface area contributed by atoms with Crippen LogP contribution < -0.4 is 16.1 Å². The van der Waals surface area contributed by atoms with E-state index in [1.807, 2.05) is 48.5 Å². The number of nitrogens with one attached hydrogen (secondary N) is 2. The van der Waals surface area contributed by atoms with Crippen LogP contribution in [-0.2, 0) is 23.1 Å². The van der Waals surface area contributed by atoms with Crippen molar-refractivity contribution < 1.29 is 33.0 Å². The number of ether oxygens (including phenoxy) is 1. The largest absolute Gasteiger partial charge is 0.480 e. The smallest absolute Gasteiger partial charge is 0.435 e. The summed E-state index contributed by atoms with van der Waals surface area (Å²) in [4.78, 5) is 28.3. The molecule has 0 aliphatic heterocycles. The maximum Gasteiger partial charge on any atom is 0.435 e. The van der Waals surface area contributed by atoms with Crippen LogP contribution in [0, 0.1) is 0 Å². The number of aliphatic carboxylic acids is 1. The van der Waals surface area contributed by atoms with E-state index in [2.05, 4.69) is 15.4 Å². The third-order valence-corrected chi connectivity index (χ3v) is 8.01. The number of benzene rings is 2. The minimum Gasteiger partial charge on any atom is -0.480 e. The van der Waals surface area contributed by atoms with Crippen LogP contribution in [0.15, 0.2) is 53.5 Å². The summed E-state index contributed by atoms with van der Waals surface area (Å²) in [5.41, 5.74) is 9.94. The molecule has 43 heavy (non-hydrogen) atoms. The number of carbonyl (C=O) groups is 2. The summed E-state index contributed by atoms with van der Waals surface area (Å²) < 4.78 is 24.5. The van der Waals surface area contributed by atoms with E-state index in [0.29, 0.717) is 0 Å². The lowest BCUT2D eigenvalue weighted by Gasteiger charge is -2.23. The molecule has 0 saturated carbocycles. The van der Waals surface area contributed by atoms with Gasteiger partial charge in [-0.05, 0) is 35.1 Å². The SMILES string of the molecule is NC(=NCCC[C@H](NC(=O)OCC1c2ccccc2-c2ccccc21)C(=O)O)NP(=O)(OCC(Cl)(Cl)Cl)OCC(Cl)(Cl)Cl. The van der Waals surface area contributed by atoms with Gasteiger partial charge in [-0.2, -0.15) is 0 Å². The van der Waals surface area contributed by atoms with Crippen LogP contribution in [0.2, 0.25) is 0 Å². The van der Waals surface area contributed by atoms with Crippen LogP contribution >= 0.6 is 77.4 Å². The molecule has 0 heterocycles. The molecule has 1 aliphatic carbocycles. The molecular weight excluding hydrogens is 712 g/mol. The number of carboxylic acid groups (broad SMARTS) is 1. The predicted octanol–water partition coefficient (Wildman–Crippen LogP) is 6.54. The molecular formula is C25H27Cl6N4O7P. The second kappa shape index (κ2) is 15.6. The molecule has 0 aromatic heterocycles. The number of amides is 1. The molecule has 1 amide bonds. The summed E-state index contributed by atoms with van der Waals surface area (Å²) in [5.74, 6) is -1.86. The van der Waals surface area contributed by atoms with E-state index in [4.69, 9.17) is 89.1 Å². The quantitative estimate of drug-likeness (QED) is 0.0588. The lowest BCUT2D eigenvalue weighted by atomic mass is 9.98. The molecule has 236 valence electrons. The van der Waals surface area contributed by atoms with Crippen molar-refractivity contribution in [2.24, 2.45) is 10.7 Å². The van der Waals surface area contributed by atoms with Gasteiger partial charge in [0.25, 0.3) is 0 Å². The number of alkyl carbamates (subject to hydrolysis) is 1. The number of nitrogens with two attached hydrogens (primary N) is 1. The predicted molar refractivity (Wildman–Crippen MR) is 169 cm³/mol. The van der Waals surface area contributed by atoms with E-state index < -0.39 is 52.6 Å². The van der Waals surface area contributed by atoms with Crippen LogP contribution in [0.4, 0.5) is 4.79 Å². The fourth-order valence-electron chi connectivity index (χ4n) is 4.13. The monoisotopic (exact) mass is 736 g/mol. The van der Waals surface area contributed by atoms with E-state index in [0.717, 1.165) is 22.3 Å². The number of guanidine groups is 1. The highest BCUT2D eigenvalue weighted by Gasteiger charge is 2.35. The van der Waals surface area contributed by atoms with Gasteiger partial charge in [0.15, 0.2) is 5.96 Å². The zero-order valence-corrected chi connectivity index (χ0v) is 27.6. The molecule has 2 aromatic carbocycles. The average Bonchev–Trinajstić information content (AvgIpc) is 3.24. The second-order valence-corrected chi connectivity index (χ2v) is 15.9. The number of carbonyl (C=O) groups excluding carboxylic acids is 1. The van der Waals surface area contributed by atoms with Gasteiger partial charge in [0.2, 0.25) is 7.59 Å². The molecule has 2 aromatic rings. The van der Waals surface area contributed by atoms with Crippen LogP contribution in [-0.4, -0.2) is 63.1 Å². The highest BCUT2D eigenvalue weighted by atomic mass is 35.6. The van der Waals surface area contributed by atoms with Crippen LogP contribution in [0.3, 0.4) is 0 Å². The Balaban J connectivity index is 1.51. The molecule has 0 spiro atoms. The van der Waals surface area contributed by atoms with Gasteiger partial charge in [-0.1, -0.05) is 118 Å². The first-order valence-electron chi connectivity index (χ1n) is 12.5. The number of aliphatic imine (C=N–C) groups is 1. The first kappa shape index (κ1) is 35.8. The minimum absolute atomic E-state index is 0.0263. The Labute approximate surface area is 277 Å². The summed E-state index contributed by atoms with van der Waals surface area (Å²) in [6, 6.07) is 14.4. The molecule has 0 saturated heterocycles. The molecule has 1 atom stereocenters. The maximum atomic E-state index is 13.0. The Morgan fingerprint density at radius 2 is 1.47 bits per heavy atom. The lowest BCUT2D eigenvalue weighted by Crippen LogP contribution is -2.41. The van der Waals surface area contributed by atoms with Gasteiger partial charge in [-0.25, -0.2) is 14.2 Å². The Hall–Kier alpha value is -1.66. The number of hydrogen-bond acceptors (Lipinski definition) is 7. The second-order valence-electron chi connectivity index (χ2n) is 9.16. The zero-order valence-electron chi connectivity index (χ0n) is 22.2. The fraction of sp³-hybridized carbons (Fsp3) is 0.400. The summed E-state index contributed by atoms with van der Waals surface area (Å²) in [6.07, 6.45) is -0.754. The highest BCUT2D eigenvalue weighted by Crippen LogP contribution is 2.48. The summed E-state index contributed by atoms with van der Waals surface area (Å²) in [5, 5.41) is 14.2. The maximum absolute atomic E-state index is 13.0. The van der Waals surface area contributed by atoms with Crippen molar-refractivity contribution in [2.45, 2.75) is 32.4 Å². The summed E-state index contributed by atoms with van der Waals surface area (Å²) >= 11 is 33.8. The van der Waals surface area contributed by atoms with Gasteiger partial charge in [-0.15, -0.1) is 0 Å². The fourth-order valence-corrected chi connectivity index (χ4v) is 6.19. The number of rotatable bonds is 13. The number of nitrogens with zero attached hydrogens (tertiary/aromatic N) is 1. The van der Waals surface area contributed by atoms with Crippen molar-refractivity contribution in [3.05, 3.63) is 59.7 Å². The number of alkyl halides is 6. The van der Waals surface area contributed by atoms with Crippen LogP contribution in [0.25, 0.3) is 11.1 Å². The molecule has 1 aliphatic rings. The Kier molecular flexibility index (Phi) is 13.0. The standard InChI is InChI=1S/C25H27Cl6N4O7P/c26-24(27,28)13-41-43(39,42-14-25(29,30)31)35-22(32)33-11-5-10-20(21(36)37)34-23(38)40-12-19-17-8-3-1-6-15(17)16-7-2-4-9-18(16)19/h1-4,6-9,19-20H,5,10-14H2,(H,34,38)(H,36,37)(H3,32,33,35,39)/t20-/m0/s1. The zero-order chi connectivity index (χ0) is 31.8. The van der Waals surface area contributed by atoms with Gasteiger partial charge >= 0.3 is 19.8 Å². The molecule has 5 N–H and O–H groups in total. The Morgan fingerprint density at radius 3 is 1.95 bits per heavy atom. The first-order valence-corrected chi connectivity index (χ1v) is 16.3. The van der Waals surface area contributed by atoms with Crippen LogP contribution in [0.1, 0.15) is 29.9 Å². The van der Waals surface area contributed by atoms with Gasteiger partial charge in [0.1, 0.15) is 25.9 Å². The Morgan fingerprint density at radius 1 is 0.953 bits per heavy atom. The van der Waals surface area contributed by atoms with Crippen molar-refractivity contribution in [2.75, 3.05) is 26.4 Å². The summed E-state index contributed by atoms with van der Waals surface area (Å²) in [6.45, 7) is -1.35. The number of carboxylic acids is 1. The van der Waals surface area contributed by atoms with E-state index in [1.165, 1.54) is 0 Å². The average molecular weight is 739 g/mol. The van der Waals surface area contributed by atoms with E-state index in [-0.39, 0.29) is 31.9 Å². The molecule has 0 unspecified atom stereocenters. The Bertz CT molecular complexity index is 1300. The van der Waals surface area contributed by atoms with Gasteiger partial charge in [0, 0.05) is 12.5 Å². The third kappa shape index (κ3) is 11.7. The third-order valence-electron chi connectivity index (χ3n) is 5.91. The molecule has 18 heteroatoms. The van der Waals surface area contributed by atoms with Crippen molar-refractivity contribution in [3.63, 3.8) is 0 Å². The van der Waals surface area contributed by atoms with Gasteiger partial charge in [0.05, 0.1) is 0 Å². The number of fused-ring (bicyclic) bond motifs is 3. The van der Waals surface area contributed by atoms with Crippen molar-refractivity contribution in [3.8, 4) is 11.1 Å². The van der Waals surface area contributed by atoms with E-state index >= 15 is 0 Å². The topological polar surface area (TPSA) is 162 Å². The van der Waals surface area contributed by atoms with E-state index in [9.17, 15) is 19.3 Å². The van der Waals surface area contributed by atoms with Crippen molar-refractivity contribution in [1.82, 2.24) is 10.4 Å². The molecule has 0 bridgehead atoms. The first-order chi connectivity index (χ1) is 20.1. The van der Waals surface area contributed by atoms with E-state index in [1.54, 1.807) is 0 Å². The summed E-state index contributed by atoms with van der Waals surface area (Å²) in [7, 11) is -4.31. The van der Waals surface area contributed by atoms with Crippen molar-refractivity contribution in [1.29, 1.82) is 0 Å². The lowest BCUT2D eigenvalue weighted by molar-refractivity contribution is -0.139. The number of halogens is 6.